The maximum absolute atomic E-state index is 13.0. The van der Waals surface area contributed by atoms with Gasteiger partial charge < -0.3 is 14.8 Å². The number of piperidine rings is 1. The molecule has 2 rings (SSSR count). The number of carbonyl (C=O) groups is 1. The van der Waals surface area contributed by atoms with Gasteiger partial charge >= 0.3 is 12.1 Å². The highest BCUT2D eigenvalue weighted by Crippen LogP contribution is 2.38. The Labute approximate surface area is 145 Å². The molecule has 0 unspecified atom stereocenters. The molecule has 140 valence electrons. The Balaban J connectivity index is 2.07. The van der Waals surface area contributed by atoms with Crippen LogP contribution in [0.2, 0.25) is 0 Å². The van der Waals surface area contributed by atoms with Gasteiger partial charge in [-0.3, -0.25) is 4.79 Å². The number of alkyl halides is 3. The van der Waals surface area contributed by atoms with Crippen LogP contribution < -0.4 is 10.1 Å². The second-order valence-electron chi connectivity index (χ2n) is 6.03. The Bertz CT molecular complexity index is 569. The van der Waals surface area contributed by atoms with Crippen LogP contribution in [-0.4, -0.2) is 32.3 Å². The Morgan fingerprint density at radius 1 is 1.28 bits per heavy atom. The molecule has 0 atom stereocenters. The molecule has 1 heterocycles. The molecule has 4 nitrogen and oxygen atoms in total. The van der Waals surface area contributed by atoms with Gasteiger partial charge in [0.05, 0.1) is 18.8 Å². The third kappa shape index (κ3) is 5.92. The number of halogens is 3. The number of esters is 1. The van der Waals surface area contributed by atoms with Gasteiger partial charge in [-0.2, -0.15) is 13.2 Å². The van der Waals surface area contributed by atoms with Gasteiger partial charge in [0.2, 0.25) is 0 Å². The number of nitrogens with one attached hydrogen (secondary N) is 1. The van der Waals surface area contributed by atoms with Gasteiger partial charge in [-0.25, -0.2) is 0 Å². The molecule has 7 heteroatoms. The summed E-state index contributed by atoms with van der Waals surface area (Å²) >= 11 is 0. The zero-order valence-electron chi connectivity index (χ0n) is 14.3. The third-order valence-electron chi connectivity index (χ3n) is 4.21. The summed E-state index contributed by atoms with van der Waals surface area (Å²) in [6.45, 7) is 3.90. The van der Waals surface area contributed by atoms with Crippen LogP contribution in [0.1, 0.15) is 49.7 Å². The fraction of sp³-hybridized carbons (Fsp3) is 0.611. The van der Waals surface area contributed by atoms with E-state index in [1.807, 2.05) is 0 Å². The zero-order valence-corrected chi connectivity index (χ0v) is 14.3. The van der Waals surface area contributed by atoms with Crippen molar-refractivity contribution in [2.75, 3.05) is 26.3 Å². The normalized spacial score (nSPS) is 15.8. The second kappa shape index (κ2) is 9.08. The third-order valence-corrected chi connectivity index (χ3v) is 4.21. The molecule has 1 aliphatic rings. The summed E-state index contributed by atoms with van der Waals surface area (Å²) in [7, 11) is 0. The number of benzene rings is 1. The minimum Gasteiger partial charge on any atom is -0.493 e. The highest BCUT2D eigenvalue weighted by molar-refractivity contribution is 5.69. The first-order chi connectivity index (χ1) is 11.9. The van der Waals surface area contributed by atoms with Gasteiger partial charge in [0.25, 0.3) is 0 Å². The molecule has 0 bridgehead atoms. The predicted molar refractivity (Wildman–Crippen MR) is 87.7 cm³/mol. The number of hydrogen-bond donors (Lipinski definition) is 1. The molecule has 0 spiro atoms. The minimum absolute atomic E-state index is 0.179. The van der Waals surface area contributed by atoms with Crippen molar-refractivity contribution in [1.82, 2.24) is 5.32 Å². The van der Waals surface area contributed by atoms with Crippen molar-refractivity contribution in [3.63, 3.8) is 0 Å². The van der Waals surface area contributed by atoms with E-state index < -0.39 is 11.7 Å². The van der Waals surface area contributed by atoms with E-state index in [1.165, 1.54) is 6.07 Å². The van der Waals surface area contributed by atoms with Gasteiger partial charge in [-0.05, 0) is 62.9 Å². The molecule has 0 saturated carbocycles. The summed E-state index contributed by atoms with van der Waals surface area (Å²) in [5.41, 5.74) is 0.0937. The van der Waals surface area contributed by atoms with Crippen molar-refractivity contribution >= 4 is 5.97 Å². The van der Waals surface area contributed by atoms with Crippen LogP contribution in [0.4, 0.5) is 13.2 Å². The first-order valence-electron chi connectivity index (χ1n) is 8.62. The summed E-state index contributed by atoms with van der Waals surface area (Å²) in [4.78, 5) is 11.3. The number of ether oxygens (including phenoxy) is 2. The van der Waals surface area contributed by atoms with E-state index in [1.54, 1.807) is 6.92 Å². The van der Waals surface area contributed by atoms with Crippen molar-refractivity contribution in [2.24, 2.45) is 0 Å². The maximum Gasteiger partial charge on any atom is 0.416 e. The lowest BCUT2D eigenvalue weighted by atomic mass is 9.89. The molecule has 1 N–H and O–H groups in total. The van der Waals surface area contributed by atoms with Gasteiger partial charge in [0.15, 0.2) is 0 Å². The van der Waals surface area contributed by atoms with Crippen molar-refractivity contribution in [3.05, 3.63) is 29.3 Å². The molecular formula is C18H24F3NO3. The summed E-state index contributed by atoms with van der Waals surface area (Å²) < 4.78 is 49.4. The van der Waals surface area contributed by atoms with Crippen molar-refractivity contribution in [1.29, 1.82) is 0 Å². The van der Waals surface area contributed by atoms with Gasteiger partial charge in [-0.1, -0.05) is 6.07 Å². The monoisotopic (exact) mass is 359 g/mol. The van der Waals surface area contributed by atoms with Crippen molar-refractivity contribution in [3.8, 4) is 5.75 Å². The lowest BCUT2D eigenvalue weighted by Gasteiger charge is -2.25. The molecule has 0 aromatic heterocycles. The van der Waals surface area contributed by atoms with E-state index in [2.05, 4.69) is 5.32 Å². The van der Waals surface area contributed by atoms with E-state index >= 15 is 0 Å². The Morgan fingerprint density at radius 3 is 2.64 bits per heavy atom. The molecule has 0 radical (unpaired) electrons. The summed E-state index contributed by atoms with van der Waals surface area (Å²) in [5.74, 6) is 0.128. The van der Waals surface area contributed by atoms with Crippen molar-refractivity contribution < 1.29 is 27.4 Å². The van der Waals surface area contributed by atoms with E-state index in [0.717, 1.165) is 43.6 Å². The van der Waals surface area contributed by atoms with E-state index in [0.29, 0.717) is 13.0 Å². The van der Waals surface area contributed by atoms with Gasteiger partial charge in [-0.15, -0.1) is 0 Å². The Morgan fingerprint density at radius 2 is 2.00 bits per heavy atom. The lowest BCUT2D eigenvalue weighted by molar-refractivity contribution is -0.143. The summed E-state index contributed by atoms with van der Waals surface area (Å²) in [6.07, 6.45) is -2.08. The molecule has 1 aromatic rings. The number of carbonyl (C=O) groups excluding carboxylic acids is 1. The Hall–Kier alpha value is -1.76. The van der Waals surface area contributed by atoms with Crippen LogP contribution in [0, 0.1) is 0 Å². The van der Waals surface area contributed by atoms with Crippen molar-refractivity contribution in [2.45, 2.75) is 44.7 Å². The highest BCUT2D eigenvalue weighted by Gasteiger charge is 2.32. The average molecular weight is 359 g/mol. The molecule has 1 aliphatic heterocycles. The zero-order chi connectivity index (χ0) is 18.3. The smallest absolute Gasteiger partial charge is 0.416 e. The Kier molecular flexibility index (Phi) is 7.11. The molecule has 0 amide bonds. The topological polar surface area (TPSA) is 47.6 Å². The van der Waals surface area contributed by atoms with Gasteiger partial charge in [0, 0.05) is 6.42 Å². The molecule has 0 aliphatic carbocycles. The SMILES string of the molecule is CCOC(=O)CCCOc1cc(C(F)(F)F)ccc1C1CCNCC1. The second-order valence-corrected chi connectivity index (χ2v) is 6.03. The molecular weight excluding hydrogens is 335 g/mol. The standard InChI is InChI=1S/C18H24F3NO3/c1-2-24-17(23)4-3-11-25-16-12-14(18(19,20)21)5-6-15(16)13-7-9-22-10-8-13/h5-6,12-13,22H,2-4,7-11H2,1H3. The number of rotatable bonds is 7. The van der Waals surface area contributed by atoms with Gasteiger partial charge in [0.1, 0.15) is 5.75 Å². The molecule has 1 aromatic carbocycles. The minimum atomic E-state index is -4.41. The van der Waals surface area contributed by atoms with E-state index in [-0.39, 0.29) is 30.7 Å². The van der Waals surface area contributed by atoms with E-state index in [9.17, 15) is 18.0 Å². The van der Waals surface area contributed by atoms with Crippen LogP contribution in [0.5, 0.6) is 5.75 Å². The van der Waals surface area contributed by atoms with E-state index in [4.69, 9.17) is 9.47 Å². The van der Waals surface area contributed by atoms with Crippen LogP contribution in [0.15, 0.2) is 18.2 Å². The summed E-state index contributed by atoms with van der Waals surface area (Å²) in [6, 6.07) is 3.71. The maximum atomic E-state index is 13.0. The fourth-order valence-electron chi connectivity index (χ4n) is 2.94. The average Bonchev–Trinajstić information content (AvgIpc) is 2.59. The fourth-order valence-corrected chi connectivity index (χ4v) is 2.94. The quantitative estimate of drug-likeness (QED) is 0.593. The first kappa shape index (κ1) is 19.6. The highest BCUT2D eigenvalue weighted by atomic mass is 19.4. The largest absolute Gasteiger partial charge is 0.493 e. The molecule has 1 fully saturated rings. The van der Waals surface area contributed by atoms with Crippen LogP contribution in [0.25, 0.3) is 0 Å². The number of hydrogen-bond acceptors (Lipinski definition) is 4. The molecule has 25 heavy (non-hydrogen) atoms. The molecule has 1 saturated heterocycles. The first-order valence-corrected chi connectivity index (χ1v) is 8.62. The summed E-state index contributed by atoms with van der Waals surface area (Å²) in [5, 5.41) is 3.24. The van der Waals surface area contributed by atoms with Crippen LogP contribution >= 0.6 is 0 Å². The van der Waals surface area contributed by atoms with Crippen LogP contribution in [-0.2, 0) is 15.7 Å². The van der Waals surface area contributed by atoms with Crippen LogP contribution in [0.3, 0.4) is 0 Å². The predicted octanol–water partition coefficient (Wildman–Crippen LogP) is 3.89. The lowest BCUT2D eigenvalue weighted by Crippen LogP contribution is -2.27.